The minimum atomic E-state index is -0.790. The van der Waals surface area contributed by atoms with Gasteiger partial charge in [0.1, 0.15) is 0 Å². The molecular weight excluding hydrogens is 192 g/mol. The molecule has 0 bridgehead atoms. The summed E-state index contributed by atoms with van der Waals surface area (Å²) in [6, 6.07) is 0. The predicted octanol–water partition coefficient (Wildman–Crippen LogP) is 2.13. The molecule has 1 atom stereocenters. The summed E-state index contributed by atoms with van der Waals surface area (Å²) in [5.74, 6) is -0.0414. The molecule has 0 aliphatic heterocycles. The van der Waals surface area contributed by atoms with Gasteiger partial charge in [-0.15, -0.1) is 0 Å². The summed E-state index contributed by atoms with van der Waals surface area (Å²) in [5, 5.41) is 10.3. The number of unbranched alkanes of at least 4 members (excludes halogenated alkanes) is 1. The molecule has 0 aromatic carbocycles. The lowest BCUT2D eigenvalue weighted by atomic mass is 9.64. The SMILES string of the molecule is CCCCC(C(=O)OC)C1(O)CC(C)C1. The van der Waals surface area contributed by atoms with Crippen LogP contribution in [-0.4, -0.2) is 23.8 Å². The monoisotopic (exact) mass is 214 g/mol. The van der Waals surface area contributed by atoms with Crippen molar-refractivity contribution in [1.29, 1.82) is 0 Å². The van der Waals surface area contributed by atoms with E-state index in [1.807, 2.05) is 0 Å². The van der Waals surface area contributed by atoms with Gasteiger partial charge < -0.3 is 9.84 Å². The Bertz CT molecular complexity index is 219. The molecule has 0 saturated heterocycles. The molecule has 0 radical (unpaired) electrons. The fourth-order valence-electron chi connectivity index (χ4n) is 2.59. The van der Waals surface area contributed by atoms with E-state index in [0.717, 1.165) is 32.1 Å². The van der Waals surface area contributed by atoms with Gasteiger partial charge in [0.2, 0.25) is 0 Å². The lowest BCUT2D eigenvalue weighted by Crippen LogP contribution is -2.52. The average Bonchev–Trinajstić information content (AvgIpc) is 2.15. The number of esters is 1. The van der Waals surface area contributed by atoms with Crippen molar-refractivity contribution in [2.24, 2.45) is 11.8 Å². The zero-order chi connectivity index (χ0) is 11.5. The van der Waals surface area contributed by atoms with Gasteiger partial charge in [-0.05, 0) is 25.2 Å². The maximum absolute atomic E-state index is 11.6. The van der Waals surface area contributed by atoms with Crippen LogP contribution in [0.3, 0.4) is 0 Å². The second kappa shape index (κ2) is 4.97. The summed E-state index contributed by atoms with van der Waals surface area (Å²) < 4.78 is 4.77. The molecule has 0 amide bonds. The van der Waals surface area contributed by atoms with Crippen LogP contribution < -0.4 is 0 Å². The number of methoxy groups -OCH3 is 1. The molecule has 0 aromatic heterocycles. The first-order chi connectivity index (χ1) is 7.03. The number of carbonyl (C=O) groups excluding carboxylic acids is 1. The molecule has 0 aromatic rings. The number of rotatable bonds is 5. The van der Waals surface area contributed by atoms with E-state index in [1.165, 1.54) is 7.11 Å². The van der Waals surface area contributed by atoms with Gasteiger partial charge in [0, 0.05) is 0 Å². The van der Waals surface area contributed by atoms with Crippen molar-refractivity contribution in [3.8, 4) is 0 Å². The predicted molar refractivity (Wildman–Crippen MR) is 58.4 cm³/mol. The van der Waals surface area contributed by atoms with Gasteiger partial charge >= 0.3 is 5.97 Å². The van der Waals surface area contributed by atoms with Crippen LogP contribution in [0.25, 0.3) is 0 Å². The first-order valence-electron chi connectivity index (χ1n) is 5.83. The Balaban J connectivity index is 2.59. The molecule has 0 heterocycles. The van der Waals surface area contributed by atoms with Crippen molar-refractivity contribution in [2.45, 2.75) is 51.6 Å². The highest BCUT2D eigenvalue weighted by Crippen LogP contribution is 2.44. The Morgan fingerprint density at radius 1 is 1.60 bits per heavy atom. The summed E-state index contributed by atoms with van der Waals surface area (Å²) >= 11 is 0. The number of ether oxygens (including phenoxy) is 1. The second-order valence-corrected chi connectivity index (χ2v) is 4.83. The van der Waals surface area contributed by atoms with Crippen LogP contribution in [0.4, 0.5) is 0 Å². The van der Waals surface area contributed by atoms with Crippen molar-refractivity contribution >= 4 is 5.97 Å². The van der Waals surface area contributed by atoms with E-state index in [4.69, 9.17) is 4.74 Å². The standard InChI is InChI=1S/C12H22O3/c1-4-5-6-10(11(13)15-3)12(14)7-9(2)8-12/h9-10,14H,4-8H2,1-3H3. The molecule has 15 heavy (non-hydrogen) atoms. The fraction of sp³-hybridized carbons (Fsp3) is 0.917. The Kier molecular flexibility index (Phi) is 4.14. The van der Waals surface area contributed by atoms with Gasteiger partial charge in [0.15, 0.2) is 0 Å². The van der Waals surface area contributed by atoms with Crippen LogP contribution in [0.2, 0.25) is 0 Å². The van der Waals surface area contributed by atoms with E-state index in [0.29, 0.717) is 5.92 Å². The molecule has 1 saturated carbocycles. The first-order valence-corrected chi connectivity index (χ1v) is 5.83. The summed E-state index contributed by atoms with van der Waals surface area (Å²) in [6.45, 7) is 4.18. The highest BCUT2D eigenvalue weighted by Gasteiger charge is 2.49. The van der Waals surface area contributed by atoms with Crippen LogP contribution in [0.15, 0.2) is 0 Å². The lowest BCUT2D eigenvalue weighted by molar-refractivity contribution is -0.170. The average molecular weight is 214 g/mol. The third kappa shape index (κ3) is 2.71. The van der Waals surface area contributed by atoms with E-state index >= 15 is 0 Å². The summed E-state index contributed by atoms with van der Waals surface area (Å²) in [6.07, 6.45) is 4.22. The zero-order valence-electron chi connectivity index (χ0n) is 9.95. The highest BCUT2D eigenvalue weighted by atomic mass is 16.5. The van der Waals surface area contributed by atoms with E-state index < -0.39 is 5.60 Å². The third-order valence-electron chi connectivity index (χ3n) is 3.38. The van der Waals surface area contributed by atoms with Gasteiger partial charge in [-0.2, -0.15) is 0 Å². The maximum Gasteiger partial charge on any atom is 0.311 e. The van der Waals surface area contributed by atoms with Crippen molar-refractivity contribution < 1.29 is 14.6 Å². The molecule has 0 spiro atoms. The van der Waals surface area contributed by atoms with Crippen LogP contribution in [0.5, 0.6) is 0 Å². The van der Waals surface area contributed by atoms with E-state index in [2.05, 4.69) is 13.8 Å². The molecule has 3 nitrogen and oxygen atoms in total. The minimum Gasteiger partial charge on any atom is -0.469 e. The van der Waals surface area contributed by atoms with Crippen molar-refractivity contribution in [3.63, 3.8) is 0 Å². The molecule has 1 fully saturated rings. The molecule has 1 aliphatic rings. The van der Waals surface area contributed by atoms with E-state index in [-0.39, 0.29) is 11.9 Å². The van der Waals surface area contributed by atoms with Gasteiger partial charge in [0.25, 0.3) is 0 Å². The van der Waals surface area contributed by atoms with Gasteiger partial charge in [-0.25, -0.2) is 0 Å². The highest BCUT2D eigenvalue weighted by molar-refractivity contribution is 5.74. The van der Waals surface area contributed by atoms with E-state index in [9.17, 15) is 9.90 Å². The smallest absolute Gasteiger partial charge is 0.311 e. The van der Waals surface area contributed by atoms with Crippen molar-refractivity contribution in [2.75, 3.05) is 7.11 Å². The molecule has 1 rings (SSSR count). The second-order valence-electron chi connectivity index (χ2n) is 4.83. The number of carbonyl (C=O) groups is 1. The van der Waals surface area contributed by atoms with Crippen LogP contribution in [-0.2, 0) is 9.53 Å². The summed E-state index contributed by atoms with van der Waals surface area (Å²) in [4.78, 5) is 11.6. The van der Waals surface area contributed by atoms with Gasteiger partial charge in [0.05, 0.1) is 18.6 Å². The van der Waals surface area contributed by atoms with Crippen molar-refractivity contribution in [1.82, 2.24) is 0 Å². The normalized spacial score (nSPS) is 31.9. The number of aliphatic hydroxyl groups is 1. The van der Waals surface area contributed by atoms with Crippen LogP contribution >= 0.6 is 0 Å². The van der Waals surface area contributed by atoms with Gasteiger partial charge in [-0.3, -0.25) is 4.79 Å². The largest absolute Gasteiger partial charge is 0.469 e. The quantitative estimate of drug-likeness (QED) is 0.713. The molecular formula is C12H22O3. The third-order valence-corrected chi connectivity index (χ3v) is 3.38. The molecule has 88 valence electrons. The minimum absolute atomic E-state index is 0.252. The van der Waals surface area contributed by atoms with Crippen LogP contribution in [0, 0.1) is 11.8 Å². The Morgan fingerprint density at radius 3 is 2.60 bits per heavy atom. The van der Waals surface area contributed by atoms with Crippen molar-refractivity contribution in [3.05, 3.63) is 0 Å². The Morgan fingerprint density at radius 2 is 2.20 bits per heavy atom. The fourth-order valence-corrected chi connectivity index (χ4v) is 2.59. The maximum atomic E-state index is 11.6. The first kappa shape index (κ1) is 12.5. The van der Waals surface area contributed by atoms with Crippen LogP contribution in [0.1, 0.15) is 46.0 Å². The van der Waals surface area contributed by atoms with E-state index in [1.54, 1.807) is 0 Å². The summed E-state index contributed by atoms with van der Waals surface area (Å²) in [7, 11) is 1.40. The summed E-state index contributed by atoms with van der Waals surface area (Å²) in [5.41, 5.74) is -0.790. The molecule has 1 unspecified atom stereocenters. The zero-order valence-corrected chi connectivity index (χ0v) is 9.95. The number of hydrogen-bond acceptors (Lipinski definition) is 3. The van der Waals surface area contributed by atoms with Gasteiger partial charge in [-0.1, -0.05) is 26.7 Å². The topological polar surface area (TPSA) is 46.5 Å². The Hall–Kier alpha value is -0.570. The number of hydrogen-bond donors (Lipinski definition) is 1. The molecule has 1 aliphatic carbocycles. The molecule has 3 heteroatoms. The molecule has 1 N–H and O–H groups in total. The Labute approximate surface area is 91.8 Å². The lowest BCUT2D eigenvalue weighted by Gasteiger charge is -2.46.